The minimum Gasteiger partial charge on any atom is -0.486 e. The lowest BCUT2D eigenvalue weighted by Crippen LogP contribution is -2.46. The van der Waals surface area contributed by atoms with E-state index >= 15 is 0 Å². The Hall–Kier alpha value is -1.22. The van der Waals surface area contributed by atoms with Gasteiger partial charge in [-0.05, 0) is 30.9 Å². The van der Waals surface area contributed by atoms with Crippen molar-refractivity contribution in [3.63, 3.8) is 0 Å². The van der Waals surface area contributed by atoms with Crippen LogP contribution in [0.2, 0.25) is 0 Å². The molecule has 1 heterocycles. The second-order valence-electron chi connectivity index (χ2n) is 6.37. The molecule has 7 heteroatoms. The Morgan fingerprint density at radius 1 is 1.32 bits per heavy atom. The van der Waals surface area contributed by atoms with E-state index in [1.54, 1.807) is 7.05 Å². The number of fused-ring (bicyclic) bond motifs is 1. The molecule has 1 N–H and O–H groups in total. The summed E-state index contributed by atoms with van der Waals surface area (Å²) in [7, 11) is 3.81. The Bertz CT molecular complexity index is 566. The first-order valence-corrected chi connectivity index (χ1v) is 8.64. The smallest absolute Gasteiger partial charge is 0.193 e. The van der Waals surface area contributed by atoms with Crippen molar-refractivity contribution in [1.29, 1.82) is 0 Å². The van der Waals surface area contributed by atoms with Gasteiger partial charge in [0.05, 0.1) is 13.2 Å². The molecule has 6 nitrogen and oxygen atoms in total. The summed E-state index contributed by atoms with van der Waals surface area (Å²) in [4.78, 5) is 6.40. The number of ether oxygens (including phenoxy) is 3. The fraction of sp³-hybridized carbons (Fsp3) is 0.611. The van der Waals surface area contributed by atoms with E-state index in [0.29, 0.717) is 13.2 Å². The van der Waals surface area contributed by atoms with Gasteiger partial charge in [0.15, 0.2) is 17.5 Å². The Morgan fingerprint density at radius 2 is 2.08 bits per heavy atom. The van der Waals surface area contributed by atoms with Gasteiger partial charge in [-0.25, -0.2) is 0 Å². The van der Waals surface area contributed by atoms with Gasteiger partial charge in [0, 0.05) is 27.2 Å². The number of benzene rings is 1. The lowest BCUT2D eigenvalue weighted by molar-refractivity contribution is 0.0924. The van der Waals surface area contributed by atoms with Gasteiger partial charge >= 0.3 is 0 Å². The molecule has 25 heavy (non-hydrogen) atoms. The molecule has 0 spiro atoms. The Kier molecular flexibility index (Phi) is 8.08. The maximum atomic E-state index is 5.95. The van der Waals surface area contributed by atoms with Gasteiger partial charge in [-0.3, -0.25) is 4.99 Å². The maximum Gasteiger partial charge on any atom is 0.193 e. The summed E-state index contributed by atoms with van der Waals surface area (Å²) >= 11 is 0. The second-order valence-corrected chi connectivity index (χ2v) is 6.37. The molecule has 1 fully saturated rings. The molecule has 3 rings (SSSR count). The molecule has 0 saturated heterocycles. The number of para-hydroxylation sites is 2. The van der Waals surface area contributed by atoms with Crippen molar-refractivity contribution in [3.8, 4) is 11.5 Å². The standard InChI is InChI=1S/C18H27N3O3.HI/c1-19-18(21(2)9-10-22-12-14-7-8-14)20-11-15-13-23-16-5-3-4-6-17(16)24-15;/h3-6,14-15H,7-13H2,1-2H3,(H,19,20);1H. The Labute approximate surface area is 166 Å². The molecule has 1 aliphatic carbocycles. The molecule has 1 atom stereocenters. The first-order valence-electron chi connectivity index (χ1n) is 8.64. The van der Waals surface area contributed by atoms with Crippen LogP contribution in [0, 0.1) is 5.92 Å². The van der Waals surface area contributed by atoms with Gasteiger partial charge in [-0.15, -0.1) is 24.0 Å². The van der Waals surface area contributed by atoms with Crippen LogP contribution in [0.25, 0.3) is 0 Å². The van der Waals surface area contributed by atoms with Gasteiger partial charge in [0.2, 0.25) is 0 Å². The normalized spacial score (nSPS) is 19.1. The van der Waals surface area contributed by atoms with Crippen molar-refractivity contribution in [2.75, 3.05) is 47.0 Å². The molecule has 0 bridgehead atoms. The van der Waals surface area contributed by atoms with Crippen molar-refractivity contribution in [1.82, 2.24) is 10.2 Å². The summed E-state index contributed by atoms with van der Waals surface area (Å²) in [6, 6.07) is 7.75. The van der Waals surface area contributed by atoms with Crippen molar-refractivity contribution >= 4 is 29.9 Å². The minimum atomic E-state index is -0.0313. The van der Waals surface area contributed by atoms with Crippen molar-refractivity contribution in [2.24, 2.45) is 10.9 Å². The number of halogens is 1. The fourth-order valence-corrected chi connectivity index (χ4v) is 2.60. The van der Waals surface area contributed by atoms with Crippen LogP contribution in [0.3, 0.4) is 0 Å². The van der Waals surface area contributed by atoms with E-state index in [9.17, 15) is 0 Å². The lowest BCUT2D eigenvalue weighted by atomic mass is 10.2. The fourth-order valence-electron chi connectivity index (χ4n) is 2.60. The average molecular weight is 461 g/mol. The minimum absolute atomic E-state index is 0. The van der Waals surface area contributed by atoms with E-state index in [-0.39, 0.29) is 30.1 Å². The summed E-state index contributed by atoms with van der Waals surface area (Å²) < 4.78 is 17.4. The molecule has 1 aliphatic heterocycles. The summed E-state index contributed by atoms with van der Waals surface area (Å²) in [5.74, 6) is 3.25. The molecular weight excluding hydrogens is 433 g/mol. The van der Waals surface area contributed by atoms with Crippen LogP contribution in [-0.4, -0.2) is 64.0 Å². The van der Waals surface area contributed by atoms with Crippen molar-refractivity contribution in [3.05, 3.63) is 24.3 Å². The molecule has 1 aromatic rings. The zero-order valence-electron chi connectivity index (χ0n) is 14.9. The van der Waals surface area contributed by atoms with Crippen molar-refractivity contribution in [2.45, 2.75) is 18.9 Å². The van der Waals surface area contributed by atoms with Crippen LogP contribution in [0.15, 0.2) is 29.3 Å². The number of guanidine groups is 1. The van der Waals surface area contributed by atoms with E-state index in [4.69, 9.17) is 14.2 Å². The van der Waals surface area contributed by atoms with E-state index in [1.165, 1.54) is 12.8 Å². The predicted octanol–water partition coefficient (Wildman–Crippen LogP) is 2.38. The number of hydrogen-bond donors (Lipinski definition) is 1. The summed E-state index contributed by atoms with van der Waals surface area (Å²) in [6.07, 6.45) is 2.62. The number of hydrogen-bond acceptors (Lipinski definition) is 4. The number of nitrogens with zero attached hydrogens (tertiary/aromatic N) is 2. The van der Waals surface area contributed by atoms with Gasteiger partial charge < -0.3 is 24.4 Å². The Balaban J connectivity index is 0.00000225. The third-order valence-corrected chi connectivity index (χ3v) is 4.25. The molecule has 2 aliphatic rings. The van der Waals surface area contributed by atoms with Crippen molar-refractivity contribution < 1.29 is 14.2 Å². The van der Waals surface area contributed by atoms with E-state index in [2.05, 4.69) is 15.2 Å². The number of likely N-dealkylation sites (N-methyl/N-ethyl adjacent to an activating group) is 1. The molecule has 1 saturated carbocycles. The van der Waals surface area contributed by atoms with Crippen LogP contribution in [0.1, 0.15) is 12.8 Å². The first kappa shape index (κ1) is 20.1. The van der Waals surface area contributed by atoms with Crippen LogP contribution in [0.5, 0.6) is 11.5 Å². The topological polar surface area (TPSA) is 55.3 Å². The highest BCUT2D eigenvalue weighted by molar-refractivity contribution is 14.0. The predicted molar refractivity (Wildman–Crippen MR) is 109 cm³/mol. The second kappa shape index (κ2) is 10.1. The van der Waals surface area contributed by atoms with Crippen LogP contribution >= 0.6 is 24.0 Å². The molecule has 140 valence electrons. The molecule has 1 unspecified atom stereocenters. The lowest BCUT2D eigenvalue weighted by Gasteiger charge is -2.28. The SMILES string of the molecule is CN=C(NCC1COc2ccccc2O1)N(C)CCOCC1CC1.I. The summed E-state index contributed by atoms with van der Waals surface area (Å²) in [5.41, 5.74) is 0. The quantitative estimate of drug-likeness (QED) is 0.293. The number of nitrogens with one attached hydrogen (secondary N) is 1. The summed E-state index contributed by atoms with van der Waals surface area (Å²) in [5, 5.41) is 3.35. The molecule has 1 aromatic carbocycles. The monoisotopic (exact) mass is 461 g/mol. The zero-order chi connectivity index (χ0) is 16.8. The van der Waals surface area contributed by atoms with E-state index < -0.39 is 0 Å². The van der Waals surface area contributed by atoms with Crippen LogP contribution in [-0.2, 0) is 4.74 Å². The van der Waals surface area contributed by atoms with Gasteiger partial charge in [0.25, 0.3) is 0 Å². The third kappa shape index (κ3) is 6.22. The highest BCUT2D eigenvalue weighted by atomic mass is 127. The van der Waals surface area contributed by atoms with E-state index in [1.807, 2.05) is 31.3 Å². The van der Waals surface area contributed by atoms with Gasteiger partial charge in [0.1, 0.15) is 12.7 Å². The first-order chi connectivity index (χ1) is 11.8. The van der Waals surface area contributed by atoms with E-state index in [0.717, 1.165) is 43.1 Å². The van der Waals surface area contributed by atoms with Crippen LogP contribution in [0.4, 0.5) is 0 Å². The Morgan fingerprint density at radius 3 is 2.80 bits per heavy atom. The van der Waals surface area contributed by atoms with Gasteiger partial charge in [-0.2, -0.15) is 0 Å². The zero-order valence-corrected chi connectivity index (χ0v) is 17.3. The van der Waals surface area contributed by atoms with Crippen LogP contribution < -0.4 is 14.8 Å². The third-order valence-electron chi connectivity index (χ3n) is 4.25. The molecular formula is C18H28IN3O3. The number of aliphatic imine (C=N–C) groups is 1. The highest BCUT2D eigenvalue weighted by Gasteiger charge is 2.22. The maximum absolute atomic E-state index is 5.95. The molecule has 0 aromatic heterocycles. The summed E-state index contributed by atoms with van der Waals surface area (Å²) in [6.45, 7) is 3.62. The highest BCUT2D eigenvalue weighted by Crippen LogP contribution is 2.30. The molecule has 0 radical (unpaired) electrons. The van der Waals surface area contributed by atoms with Gasteiger partial charge in [-0.1, -0.05) is 12.1 Å². The number of rotatable bonds is 7. The average Bonchev–Trinajstić information content (AvgIpc) is 3.43. The molecule has 0 amide bonds. The largest absolute Gasteiger partial charge is 0.486 e.